The van der Waals surface area contributed by atoms with Crippen molar-refractivity contribution in [3.05, 3.63) is 22.2 Å². The molecule has 0 fully saturated rings. The first-order valence-corrected chi connectivity index (χ1v) is 6.18. The van der Waals surface area contributed by atoms with Crippen LogP contribution in [0.4, 0.5) is 0 Å². The molecule has 0 heterocycles. The van der Waals surface area contributed by atoms with Gasteiger partial charge >= 0.3 is 0 Å². The Hall–Kier alpha value is -0.970. The largest absolute Gasteiger partial charge is 0.493 e. The maximum atomic E-state index is 9.99. The number of hydrogen-bond donors (Lipinski definition) is 2. The molecule has 3 N–H and O–H groups in total. The molecule has 1 atom stereocenters. The molecule has 0 saturated heterocycles. The lowest BCUT2D eigenvalue weighted by Gasteiger charge is -2.22. The molecule has 1 aromatic rings. The van der Waals surface area contributed by atoms with Crippen molar-refractivity contribution >= 4 is 11.6 Å². The van der Waals surface area contributed by atoms with Crippen LogP contribution in [0.1, 0.15) is 37.0 Å². The average molecular weight is 274 g/mol. The van der Waals surface area contributed by atoms with Gasteiger partial charge in [-0.05, 0) is 23.1 Å². The Morgan fingerprint density at radius 1 is 1.33 bits per heavy atom. The first-order chi connectivity index (χ1) is 8.47. The standard InChI is InChI=1S/C13H20ClNO3/c1-7(2)11-8(9(16)6-15)5-10(17-3)13(18-4)12(11)14/h5,7,9,16H,6,15H2,1-4H3. The number of hydrogen-bond acceptors (Lipinski definition) is 4. The van der Waals surface area contributed by atoms with Crippen LogP contribution in [0, 0.1) is 0 Å². The molecule has 0 spiro atoms. The number of ether oxygens (including phenoxy) is 2. The number of halogens is 1. The zero-order valence-electron chi connectivity index (χ0n) is 11.2. The van der Waals surface area contributed by atoms with Gasteiger partial charge in [0, 0.05) is 6.54 Å². The molecule has 1 unspecified atom stereocenters. The molecular weight excluding hydrogens is 254 g/mol. The first kappa shape index (κ1) is 15.1. The van der Waals surface area contributed by atoms with Crippen molar-refractivity contribution in [3.63, 3.8) is 0 Å². The van der Waals surface area contributed by atoms with Crippen LogP contribution >= 0.6 is 11.6 Å². The van der Waals surface area contributed by atoms with Gasteiger partial charge in [-0.25, -0.2) is 0 Å². The van der Waals surface area contributed by atoms with E-state index in [0.29, 0.717) is 22.1 Å². The summed E-state index contributed by atoms with van der Waals surface area (Å²) in [7, 11) is 3.06. The summed E-state index contributed by atoms with van der Waals surface area (Å²) in [5.41, 5.74) is 7.05. The van der Waals surface area contributed by atoms with Gasteiger partial charge in [-0.2, -0.15) is 0 Å². The van der Waals surface area contributed by atoms with Gasteiger partial charge in [-0.15, -0.1) is 0 Å². The van der Waals surface area contributed by atoms with Gasteiger partial charge in [-0.1, -0.05) is 25.4 Å². The van der Waals surface area contributed by atoms with Crippen LogP contribution in [-0.2, 0) is 0 Å². The summed E-state index contributed by atoms with van der Waals surface area (Å²) in [6.07, 6.45) is -0.764. The fourth-order valence-corrected chi connectivity index (χ4v) is 2.47. The van der Waals surface area contributed by atoms with Crippen LogP contribution in [-0.4, -0.2) is 25.9 Å². The maximum Gasteiger partial charge on any atom is 0.179 e. The second-order valence-corrected chi connectivity index (χ2v) is 4.71. The third-order valence-electron chi connectivity index (χ3n) is 2.84. The van der Waals surface area contributed by atoms with E-state index in [1.165, 1.54) is 14.2 Å². The van der Waals surface area contributed by atoms with E-state index in [1.807, 2.05) is 13.8 Å². The van der Waals surface area contributed by atoms with E-state index in [1.54, 1.807) is 6.07 Å². The predicted octanol–water partition coefficient (Wildman–Crippen LogP) is 2.47. The minimum absolute atomic E-state index is 0.130. The molecule has 102 valence electrons. The smallest absolute Gasteiger partial charge is 0.179 e. The third kappa shape index (κ3) is 2.71. The molecule has 0 amide bonds. The van der Waals surface area contributed by atoms with E-state index in [2.05, 4.69) is 0 Å². The summed E-state index contributed by atoms with van der Waals surface area (Å²) >= 11 is 6.34. The van der Waals surface area contributed by atoms with Crippen molar-refractivity contribution in [1.29, 1.82) is 0 Å². The van der Waals surface area contributed by atoms with Crippen molar-refractivity contribution in [2.24, 2.45) is 5.73 Å². The number of rotatable bonds is 5. The molecule has 0 aromatic heterocycles. The SMILES string of the molecule is COc1cc(C(O)CN)c(C(C)C)c(Cl)c1OC. The highest BCUT2D eigenvalue weighted by Gasteiger charge is 2.23. The molecule has 1 aromatic carbocycles. The van der Waals surface area contributed by atoms with Gasteiger partial charge in [0.05, 0.1) is 25.3 Å². The van der Waals surface area contributed by atoms with Crippen LogP contribution in [0.15, 0.2) is 6.07 Å². The van der Waals surface area contributed by atoms with Gasteiger partial charge in [0.1, 0.15) is 0 Å². The molecule has 0 bridgehead atoms. The minimum Gasteiger partial charge on any atom is -0.493 e. The van der Waals surface area contributed by atoms with Crippen LogP contribution in [0.5, 0.6) is 11.5 Å². The molecule has 5 heteroatoms. The van der Waals surface area contributed by atoms with Gasteiger partial charge < -0.3 is 20.3 Å². The molecule has 1 rings (SSSR count). The van der Waals surface area contributed by atoms with Crippen molar-refractivity contribution < 1.29 is 14.6 Å². The number of aliphatic hydroxyl groups excluding tert-OH is 1. The minimum atomic E-state index is -0.764. The van der Waals surface area contributed by atoms with E-state index in [-0.39, 0.29) is 12.5 Å². The molecule has 0 radical (unpaired) electrons. The normalized spacial score (nSPS) is 12.7. The van der Waals surface area contributed by atoms with Gasteiger partial charge in [0.2, 0.25) is 0 Å². The quantitative estimate of drug-likeness (QED) is 0.865. The molecular formula is C13H20ClNO3. The Kier molecular flexibility index (Phi) is 5.26. The number of methoxy groups -OCH3 is 2. The number of nitrogens with two attached hydrogens (primary N) is 1. The summed E-state index contributed by atoms with van der Waals surface area (Å²) in [5, 5.41) is 10.5. The van der Waals surface area contributed by atoms with Crippen molar-refractivity contribution in [2.45, 2.75) is 25.9 Å². The highest BCUT2D eigenvalue weighted by Crippen LogP contribution is 2.44. The number of aliphatic hydroxyl groups is 1. The van der Waals surface area contributed by atoms with Crippen molar-refractivity contribution in [2.75, 3.05) is 20.8 Å². The molecule has 0 aliphatic carbocycles. The summed E-state index contributed by atoms with van der Waals surface area (Å²) in [6, 6.07) is 1.73. The molecule has 0 saturated carbocycles. The second-order valence-electron chi connectivity index (χ2n) is 4.34. The van der Waals surface area contributed by atoms with Gasteiger partial charge in [0.15, 0.2) is 11.5 Å². The molecule has 0 aliphatic rings. The van der Waals surface area contributed by atoms with Crippen LogP contribution in [0.3, 0.4) is 0 Å². The lowest BCUT2D eigenvalue weighted by Crippen LogP contribution is -2.15. The highest BCUT2D eigenvalue weighted by atomic mass is 35.5. The Labute approximate surface area is 113 Å². The van der Waals surface area contributed by atoms with Gasteiger partial charge in [0.25, 0.3) is 0 Å². The zero-order chi connectivity index (χ0) is 13.9. The second kappa shape index (κ2) is 6.27. The molecule has 0 aliphatic heterocycles. The zero-order valence-corrected chi connectivity index (χ0v) is 11.9. The van der Waals surface area contributed by atoms with Crippen molar-refractivity contribution in [3.8, 4) is 11.5 Å². The summed E-state index contributed by atoms with van der Waals surface area (Å²) in [5.74, 6) is 1.12. The van der Waals surface area contributed by atoms with E-state index in [0.717, 1.165) is 5.56 Å². The van der Waals surface area contributed by atoms with E-state index in [9.17, 15) is 5.11 Å². The van der Waals surface area contributed by atoms with E-state index in [4.69, 9.17) is 26.8 Å². The van der Waals surface area contributed by atoms with Gasteiger partial charge in [-0.3, -0.25) is 0 Å². The van der Waals surface area contributed by atoms with E-state index >= 15 is 0 Å². The molecule has 18 heavy (non-hydrogen) atoms. The summed E-state index contributed by atoms with van der Waals surface area (Å²) in [4.78, 5) is 0. The Morgan fingerprint density at radius 3 is 2.33 bits per heavy atom. The lowest BCUT2D eigenvalue weighted by molar-refractivity contribution is 0.184. The first-order valence-electron chi connectivity index (χ1n) is 5.80. The van der Waals surface area contributed by atoms with Crippen LogP contribution in [0.25, 0.3) is 0 Å². The molecule has 4 nitrogen and oxygen atoms in total. The lowest BCUT2D eigenvalue weighted by atomic mass is 9.93. The van der Waals surface area contributed by atoms with Crippen LogP contribution < -0.4 is 15.2 Å². The Bertz CT molecular complexity index is 421. The maximum absolute atomic E-state index is 9.99. The summed E-state index contributed by atoms with van der Waals surface area (Å²) < 4.78 is 10.5. The topological polar surface area (TPSA) is 64.7 Å². The van der Waals surface area contributed by atoms with Crippen LogP contribution in [0.2, 0.25) is 5.02 Å². The Balaban J connectivity index is 3.54. The number of benzene rings is 1. The Morgan fingerprint density at radius 2 is 1.94 bits per heavy atom. The summed E-state index contributed by atoms with van der Waals surface area (Å²) in [6.45, 7) is 4.13. The highest BCUT2D eigenvalue weighted by molar-refractivity contribution is 6.33. The monoisotopic (exact) mass is 273 g/mol. The fourth-order valence-electron chi connectivity index (χ4n) is 1.97. The third-order valence-corrected chi connectivity index (χ3v) is 3.22. The fraction of sp³-hybridized carbons (Fsp3) is 0.538. The van der Waals surface area contributed by atoms with Crippen molar-refractivity contribution in [1.82, 2.24) is 0 Å². The predicted molar refractivity (Wildman–Crippen MR) is 72.7 cm³/mol. The average Bonchev–Trinajstić information content (AvgIpc) is 2.35. The van der Waals surface area contributed by atoms with E-state index < -0.39 is 6.10 Å².